The summed E-state index contributed by atoms with van der Waals surface area (Å²) in [5, 5.41) is 11.1. The average Bonchev–Trinajstić information content (AvgIpc) is 3.29. The van der Waals surface area contributed by atoms with Crippen LogP contribution in [0.4, 0.5) is 0 Å². The fourth-order valence-corrected chi connectivity index (χ4v) is 2.48. The normalized spacial score (nSPS) is 10.0. The molecule has 4 heterocycles. The van der Waals surface area contributed by atoms with Gasteiger partial charge in [0.25, 0.3) is 0 Å². The van der Waals surface area contributed by atoms with Crippen molar-refractivity contribution in [3.8, 4) is 22.3 Å². The largest absolute Gasteiger partial charge is 0.364 e. The molecule has 6 nitrogen and oxygen atoms in total. The summed E-state index contributed by atoms with van der Waals surface area (Å²) in [7, 11) is 0. The summed E-state index contributed by atoms with van der Waals surface area (Å²) in [5.41, 5.74) is 4.08. The van der Waals surface area contributed by atoms with Crippen LogP contribution in [0.25, 0.3) is 22.3 Å². The molecule has 0 saturated heterocycles. The maximum absolute atomic E-state index is 4.62. The highest BCUT2D eigenvalue weighted by Crippen LogP contribution is 2.20. The van der Waals surface area contributed by atoms with Gasteiger partial charge in [0.05, 0.1) is 12.4 Å². The number of hydrogen-bond acceptors (Lipinski definition) is 8. The second-order valence-corrected chi connectivity index (χ2v) is 4.97. The molecule has 0 saturated carbocycles. The van der Waals surface area contributed by atoms with Crippen molar-refractivity contribution in [1.82, 2.24) is 19.1 Å². The van der Waals surface area contributed by atoms with Gasteiger partial charge in [-0.25, -0.2) is 8.75 Å². The summed E-state index contributed by atoms with van der Waals surface area (Å²) in [5.74, 6) is 0. The zero-order valence-electron chi connectivity index (χ0n) is 10.0. The lowest BCUT2D eigenvalue weighted by Crippen LogP contribution is -1.63. The molecule has 0 aliphatic heterocycles. The molecule has 0 aliphatic carbocycles. The third-order valence-electron chi connectivity index (χ3n) is 2.40. The van der Waals surface area contributed by atoms with E-state index in [9.17, 15) is 0 Å². The molecule has 0 spiro atoms. The summed E-state index contributed by atoms with van der Waals surface area (Å²) in [6.07, 6.45) is 9.99. The van der Waals surface area contributed by atoms with Gasteiger partial charge >= 0.3 is 0 Å². The zero-order chi connectivity index (χ0) is 13.6. The Bertz CT molecular complexity index is 575. The first kappa shape index (κ1) is 12.7. The quantitative estimate of drug-likeness (QED) is 0.563. The van der Waals surface area contributed by atoms with Crippen LogP contribution in [-0.4, -0.2) is 19.1 Å². The molecule has 0 unspecified atom stereocenters. The van der Waals surface area contributed by atoms with Crippen molar-refractivity contribution in [1.29, 1.82) is 0 Å². The van der Waals surface area contributed by atoms with Crippen molar-refractivity contribution >= 4 is 23.1 Å². The molecule has 0 amide bonds. The van der Waals surface area contributed by atoms with E-state index in [0.29, 0.717) is 0 Å². The molecule has 0 fully saturated rings. The maximum Gasteiger partial charge on any atom is 0.131 e. The average molecular weight is 304 g/mol. The van der Waals surface area contributed by atoms with Crippen LogP contribution in [0.3, 0.4) is 0 Å². The summed E-state index contributed by atoms with van der Waals surface area (Å²) >= 11 is 2.93. The molecule has 4 rings (SSSR count). The molecule has 4 aromatic rings. The predicted octanol–water partition coefficient (Wildman–Crippen LogP) is 3.60. The third-order valence-corrected chi connectivity index (χ3v) is 3.57. The van der Waals surface area contributed by atoms with E-state index < -0.39 is 0 Å². The molecule has 4 aromatic heterocycles. The molecule has 8 heteroatoms. The number of aromatic nitrogens is 4. The van der Waals surface area contributed by atoms with E-state index in [1.165, 1.54) is 46.7 Å². The van der Waals surface area contributed by atoms with E-state index >= 15 is 0 Å². The van der Waals surface area contributed by atoms with Gasteiger partial charge < -0.3 is 9.05 Å². The van der Waals surface area contributed by atoms with Crippen LogP contribution in [-0.2, 0) is 0 Å². The van der Waals surface area contributed by atoms with Gasteiger partial charge in [-0.3, -0.25) is 0 Å². The lowest BCUT2D eigenvalue weighted by Gasteiger charge is -1.82. The molecular formula is C12H8N4O2S2. The minimum Gasteiger partial charge on any atom is -0.364 e. The standard InChI is InChI=1S/C6H4N2O2.C6H4N2S2/c2*1-5(3-9-7-1)6-2-8-10-4-6/h2*1-4H. The highest BCUT2D eigenvalue weighted by atomic mass is 32.1. The summed E-state index contributed by atoms with van der Waals surface area (Å²) in [6, 6.07) is 0. The molecule has 0 aromatic carbocycles. The smallest absolute Gasteiger partial charge is 0.131 e. The molecule has 0 N–H and O–H groups in total. The molecule has 0 bridgehead atoms. The summed E-state index contributed by atoms with van der Waals surface area (Å²) in [4.78, 5) is 0. The van der Waals surface area contributed by atoms with Crippen LogP contribution in [0.5, 0.6) is 0 Å². The van der Waals surface area contributed by atoms with Crippen LogP contribution in [0.1, 0.15) is 0 Å². The van der Waals surface area contributed by atoms with Gasteiger partial charge in [0.15, 0.2) is 0 Å². The topological polar surface area (TPSA) is 77.8 Å². The fourth-order valence-electron chi connectivity index (χ4n) is 1.39. The Labute approximate surface area is 122 Å². The predicted molar refractivity (Wildman–Crippen MR) is 75.2 cm³/mol. The third kappa shape index (κ3) is 2.98. The van der Waals surface area contributed by atoms with Crippen molar-refractivity contribution in [2.45, 2.75) is 0 Å². The molecule has 0 aliphatic rings. The SMILES string of the molecule is c1nocc1-c1cnoc1.c1nscc1-c1cnsc1. The van der Waals surface area contributed by atoms with Gasteiger partial charge in [0, 0.05) is 45.4 Å². The van der Waals surface area contributed by atoms with Crippen molar-refractivity contribution < 1.29 is 9.05 Å². The van der Waals surface area contributed by atoms with Crippen LogP contribution in [0.2, 0.25) is 0 Å². The van der Waals surface area contributed by atoms with Crippen molar-refractivity contribution in [3.63, 3.8) is 0 Å². The Kier molecular flexibility index (Phi) is 3.95. The minimum absolute atomic E-state index is 0.876. The molecule has 20 heavy (non-hydrogen) atoms. The number of rotatable bonds is 2. The van der Waals surface area contributed by atoms with Gasteiger partial charge in [-0.1, -0.05) is 10.3 Å². The lowest BCUT2D eigenvalue weighted by molar-refractivity contribution is 0.419. The van der Waals surface area contributed by atoms with Crippen molar-refractivity contribution in [2.24, 2.45) is 0 Å². The number of nitrogens with zero attached hydrogens (tertiary/aromatic N) is 4. The van der Waals surface area contributed by atoms with Crippen molar-refractivity contribution in [3.05, 3.63) is 48.1 Å². The summed E-state index contributed by atoms with van der Waals surface area (Å²) < 4.78 is 17.2. The minimum atomic E-state index is 0.876. The molecule has 0 atom stereocenters. The van der Waals surface area contributed by atoms with E-state index in [4.69, 9.17) is 0 Å². The zero-order valence-corrected chi connectivity index (χ0v) is 11.7. The number of hydrogen-bond donors (Lipinski definition) is 0. The highest BCUT2D eigenvalue weighted by Gasteiger charge is 2.00. The van der Waals surface area contributed by atoms with Crippen LogP contribution in [0, 0.1) is 0 Å². The van der Waals surface area contributed by atoms with E-state index in [0.717, 1.165) is 11.1 Å². The van der Waals surface area contributed by atoms with E-state index in [1.54, 1.807) is 12.4 Å². The fraction of sp³-hybridized carbons (Fsp3) is 0. The second-order valence-electron chi connectivity index (χ2n) is 3.65. The Balaban J connectivity index is 0.000000121. The summed E-state index contributed by atoms with van der Waals surface area (Å²) in [6.45, 7) is 0. The van der Waals surface area contributed by atoms with E-state index in [-0.39, 0.29) is 0 Å². The van der Waals surface area contributed by atoms with Gasteiger partial charge in [0.1, 0.15) is 12.5 Å². The van der Waals surface area contributed by atoms with Crippen LogP contribution >= 0.6 is 23.1 Å². The van der Waals surface area contributed by atoms with Gasteiger partial charge in [-0.05, 0) is 23.1 Å². The second kappa shape index (κ2) is 6.22. The highest BCUT2D eigenvalue weighted by molar-refractivity contribution is 7.04. The first-order valence-electron chi connectivity index (χ1n) is 5.52. The van der Waals surface area contributed by atoms with Gasteiger partial charge in [0.2, 0.25) is 0 Å². The Hall–Kier alpha value is -2.32. The first-order chi connectivity index (χ1) is 9.93. The monoisotopic (exact) mass is 304 g/mol. The first-order valence-corrected chi connectivity index (χ1v) is 7.19. The Morgan fingerprint density at radius 2 is 1.15 bits per heavy atom. The van der Waals surface area contributed by atoms with E-state index in [1.807, 2.05) is 23.2 Å². The Morgan fingerprint density at radius 3 is 1.45 bits per heavy atom. The molecule has 0 radical (unpaired) electrons. The van der Waals surface area contributed by atoms with Gasteiger partial charge in [-0.15, -0.1) is 0 Å². The van der Waals surface area contributed by atoms with Crippen LogP contribution in [0.15, 0.2) is 57.1 Å². The van der Waals surface area contributed by atoms with Gasteiger partial charge in [-0.2, -0.15) is 0 Å². The molecular weight excluding hydrogens is 296 g/mol. The Morgan fingerprint density at radius 1 is 0.650 bits per heavy atom. The van der Waals surface area contributed by atoms with Crippen molar-refractivity contribution in [2.75, 3.05) is 0 Å². The lowest BCUT2D eigenvalue weighted by atomic mass is 10.2. The van der Waals surface area contributed by atoms with Crippen LogP contribution < -0.4 is 0 Å². The maximum atomic E-state index is 4.62. The molecule has 100 valence electrons. The van der Waals surface area contributed by atoms with E-state index in [2.05, 4.69) is 28.1 Å².